The van der Waals surface area contributed by atoms with E-state index < -0.39 is 0 Å². The SMILES string of the molecule is C=Cc1ccc(C(=N\OC)/C(C)=N/OC)cc1. The standard InChI is InChI=1S/C13H16N2O2/c1-5-11-6-8-12(9-7-11)13(15-17-4)10(2)14-16-3/h5-9H,1H2,2-4H3/b14-10+,15-13-. The first-order valence-corrected chi connectivity index (χ1v) is 5.15. The third-order valence-corrected chi connectivity index (χ3v) is 2.17. The normalized spacial score (nSPS) is 12.2. The van der Waals surface area contributed by atoms with Crippen LogP contribution >= 0.6 is 0 Å². The molecule has 0 aliphatic carbocycles. The Labute approximate surface area is 101 Å². The van der Waals surface area contributed by atoms with Crippen LogP contribution in [0, 0.1) is 0 Å². The highest BCUT2D eigenvalue weighted by Gasteiger charge is 2.09. The van der Waals surface area contributed by atoms with Crippen molar-refractivity contribution in [3.8, 4) is 0 Å². The van der Waals surface area contributed by atoms with Crippen molar-refractivity contribution >= 4 is 17.5 Å². The van der Waals surface area contributed by atoms with Crippen LogP contribution in [-0.4, -0.2) is 25.6 Å². The molecule has 0 N–H and O–H groups in total. The van der Waals surface area contributed by atoms with E-state index >= 15 is 0 Å². The lowest BCUT2D eigenvalue weighted by atomic mass is 10.0. The Morgan fingerprint density at radius 1 is 1.12 bits per heavy atom. The quantitative estimate of drug-likeness (QED) is 0.578. The molecular formula is C13H16N2O2. The van der Waals surface area contributed by atoms with Crippen molar-refractivity contribution in [2.45, 2.75) is 6.92 Å². The monoisotopic (exact) mass is 232 g/mol. The van der Waals surface area contributed by atoms with Crippen LogP contribution in [0.1, 0.15) is 18.1 Å². The molecule has 0 aromatic heterocycles. The van der Waals surface area contributed by atoms with Gasteiger partial charge >= 0.3 is 0 Å². The van der Waals surface area contributed by atoms with Gasteiger partial charge in [-0.1, -0.05) is 47.2 Å². The van der Waals surface area contributed by atoms with Gasteiger partial charge in [0.1, 0.15) is 25.6 Å². The first-order valence-electron chi connectivity index (χ1n) is 5.15. The smallest absolute Gasteiger partial charge is 0.134 e. The maximum Gasteiger partial charge on any atom is 0.134 e. The zero-order valence-corrected chi connectivity index (χ0v) is 10.3. The topological polar surface area (TPSA) is 43.2 Å². The van der Waals surface area contributed by atoms with Gasteiger partial charge in [0.05, 0.1) is 0 Å². The van der Waals surface area contributed by atoms with E-state index in [1.165, 1.54) is 14.2 Å². The van der Waals surface area contributed by atoms with Crippen LogP contribution in [0.15, 0.2) is 41.2 Å². The molecule has 0 spiro atoms. The molecule has 0 bridgehead atoms. The summed E-state index contributed by atoms with van der Waals surface area (Å²) in [6, 6.07) is 7.77. The van der Waals surface area contributed by atoms with Crippen molar-refractivity contribution in [2.75, 3.05) is 14.2 Å². The molecule has 0 radical (unpaired) electrons. The molecule has 17 heavy (non-hydrogen) atoms. The van der Waals surface area contributed by atoms with Gasteiger partial charge < -0.3 is 9.68 Å². The Morgan fingerprint density at radius 2 is 1.71 bits per heavy atom. The zero-order chi connectivity index (χ0) is 12.7. The van der Waals surface area contributed by atoms with Crippen LogP contribution in [0.5, 0.6) is 0 Å². The highest BCUT2D eigenvalue weighted by molar-refractivity contribution is 6.47. The lowest BCUT2D eigenvalue weighted by molar-refractivity contribution is 0.210. The fourth-order valence-electron chi connectivity index (χ4n) is 1.38. The maximum absolute atomic E-state index is 4.81. The van der Waals surface area contributed by atoms with Gasteiger partial charge in [0, 0.05) is 5.56 Å². The van der Waals surface area contributed by atoms with Gasteiger partial charge in [0.2, 0.25) is 0 Å². The van der Waals surface area contributed by atoms with Gasteiger partial charge in [0.15, 0.2) is 0 Å². The molecule has 0 amide bonds. The Bertz CT molecular complexity index is 433. The average Bonchev–Trinajstić information content (AvgIpc) is 2.36. The summed E-state index contributed by atoms with van der Waals surface area (Å²) in [5, 5.41) is 7.80. The van der Waals surface area contributed by atoms with Gasteiger partial charge in [-0.25, -0.2) is 0 Å². The highest BCUT2D eigenvalue weighted by Crippen LogP contribution is 2.08. The summed E-state index contributed by atoms with van der Waals surface area (Å²) in [6.07, 6.45) is 1.78. The lowest BCUT2D eigenvalue weighted by Gasteiger charge is -2.05. The van der Waals surface area contributed by atoms with E-state index in [1.54, 1.807) is 6.08 Å². The molecule has 4 nitrogen and oxygen atoms in total. The molecule has 0 aliphatic rings. The van der Waals surface area contributed by atoms with Crippen LogP contribution in [-0.2, 0) is 9.68 Å². The van der Waals surface area contributed by atoms with Crippen molar-refractivity contribution in [1.29, 1.82) is 0 Å². The fourth-order valence-corrected chi connectivity index (χ4v) is 1.38. The summed E-state index contributed by atoms with van der Waals surface area (Å²) in [5.41, 5.74) is 3.26. The van der Waals surface area contributed by atoms with Gasteiger partial charge in [0.25, 0.3) is 0 Å². The van der Waals surface area contributed by atoms with Crippen molar-refractivity contribution in [3.63, 3.8) is 0 Å². The Kier molecular flexibility index (Phi) is 4.94. The maximum atomic E-state index is 4.81. The number of rotatable bonds is 5. The number of oxime groups is 2. The average molecular weight is 232 g/mol. The molecule has 1 aromatic rings. The minimum Gasteiger partial charge on any atom is -0.399 e. The Balaban J connectivity index is 3.10. The zero-order valence-electron chi connectivity index (χ0n) is 10.3. The highest BCUT2D eigenvalue weighted by atomic mass is 16.6. The predicted molar refractivity (Wildman–Crippen MR) is 70.2 cm³/mol. The van der Waals surface area contributed by atoms with E-state index in [0.717, 1.165) is 11.1 Å². The molecule has 4 heteroatoms. The molecule has 1 aromatic carbocycles. The first-order chi connectivity index (χ1) is 8.22. The summed E-state index contributed by atoms with van der Waals surface area (Å²) in [4.78, 5) is 9.55. The second-order valence-corrected chi connectivity index (χ2v) is 3.31. The molecule has 0 heterocycles. The molecule has 0 aliphatic heterocycles. The molecule has 0 atom stereocenters. The van der Waals surface area contributed by atoms with Gasteiger partial charge in [-0.3, -0.25) is 0 Å². The Morgan fingerprint density at radius 3 is 2.18 bits per heavy atom. The van der Waals surface area contributed by atoms with Crippen molar-refractivity contribution in [1.82, 2.24) is 0 Å². The third kappa shape index (κ3) is 3.45. The summed E-state index contributed by atoms with van der Waals surface area (Å²) < 4.78 is 0. The van der Waals surface area contributed by atoms with Crippen molar-refractivity contribution in [3.05, 3.63) is 42.0 Å². The van der Waals surface area contributed by atoms with Crippen LogP contribution in [0.2, 0.25) is 0 Å². The summed E-state index contributed by atoms with van der Waals surface area (Å²) in [5.74, 6) is 0. The van der Waals surface area contributed by atoms with E-state index in [4.69, 9.17) is 9.68 Å². The van der Waals surface area contributed by atoms with E-state index in [-0.39, 0.29) is 0 Å². The van der Waals surface area contributed by atoms with Crippen LogP contribution in [0.3, 0.4) is 0 Å². The second kappa shape index (κ2) is 6.48. The summed E-state index contributed by atoms with van der Waals surface area (Å²) >= 11 is 0. The summed E-state index contributed by atoms with van der Waals surface area (Å²) in [7, 11) is 2.99. The van der Waals surface area contributed by atoms with Gasteiger partial charge in [-0.2, -0.15) is 0 Å². The molecule has 0 saturated heterocycles. The first kappa shape index (κ1) is 13.0. The minimum absolute atomic E-state index is 0.643. The molecule has 0 saturated carbocycles. The molecule has 90 valence electrons. The largest absolute Gasteiger partial charge is 0.399 e. The third-order valence-electron chi connectivity index (χ3n) is 2.17. The predicted octanol–water partition coefficient (Wildman–Crippen LogP) is 2.70. The van der Waals surface area contributed by atoms with E-state index in [9.17, 15) is 0 Å². The molecule has 1 rings (SSSR count). The number of hydrogen-bond acceptors (Lipinski definition) is 4. The molecular weight excluding hydrogens is 216 g/mol. The van der Waals surface area contributed by atoms with E-state index in [2.05, 4.69) is 16.9 Å². The van der Waals surface area contributed by atoms with Crippen LogP contribution < -0.4 is 0 Å². The van der Waals surface area contributed by atoms with Crippen molar-refractivity contribution < 1.29 is 9.68 Å². The van der Waals surface area contributed by atoms with Crippen LogP contribution in [0.25, 0.3) is 6.08 Å². The summed E-state index contributed by atoms with van der Waals surface area (Å²) in [6.45, 7) is 5.52. The molecule has 0 fully saturated rings. The Hall–Kier alpha value is -2.10. The van der Waals surface area contributed by atoms with E-state index in [1.807, 2.05) is 31.2 Å². The van der Waals surface area contributed by atoms with E-state index in [0.29, 0.717) is 11.4 Å². The lowest BCUT2D eigenvalue weighted by Crippen LogP contribution is -2.13. The van der Waals surface area contributed by atoms with Gasteiger partial charge in [-0.15, -0.1) is 0 Å². The number of hydrogen-bond donors (Lipinski definition) is 0. The van der Waals surface area contributed by atoms with Gasteiger partial charge in [-0.05, 0) is 12.5 Å². The number of benzene rings is 1. The number of nitrogens with zero attached hydrogens (tertiary/aromatic N) is 2. The van der Waals surface area contributed by atoms with Crippen molar-refractivity contribution in [2.24, 2.45) is 10.3 Å². The molecule has 0 unspecified atom stereocenters. The second-order valence-electron chi connectivity index (χ2n) is 3.31. The minimum atomic E-state index is 0.643. The fraction of sp³-hybridized carbons (Fsp3) is 0.231. The van der Waals surface area contributed by atoms with Crippen LogP contribution in [0.4, 0.5) is 0 Å².